The average molecular weight is 517 g/mol. The summed E-state index contributed by atoms with van der Waals surface area (Å²) in [6, 6.07) is 23.2. The van der Waals surface area contributed by atoms with Crippen LogP contribution in [0.15, 0.2) is 91.1 Å². The van der Waals surface area contributed by atoms with E-state index in [0.717, 1.165) is 23.4 Å². The van der Waals surface area contributed by atoms with Crippen molar-refractivity contribution in [2.75, 3.05) is 0 Å². The van der Waals surface area contributed by atoms with Gasteiger partial charge in [0.1, 0.15) is 0 Å². The molecule has 0 spiro atoms. The van der Waals surface area contributed by atoms with Crippen molar-refractivity contribution in [3.63, 3.8) is 0 Å². The summed E-state index contributed by atoms with van der Waals surface area (Å²) in [5, 5.41) is 0.637. The summed E-state index contributed by atoms with van der Waals surface area (Å²) in [6.07, 6.45) is -2.62. The maximum Gasteiger partial charge on any atom is 0.416 e. The van der Waals surface area contributed by atoms with Gasteiger partial charge in [0, 0.05) is 30.5 Å². The Labute approximate surface area is 211 Å². The first-order valence-corrected chi connectivity index (χ1v) is 11.5. The van der Waals surface area contributed by atoms with E-state index in [9.17, 15) is 18.0 Å². The molecule has 0 saturated heterocycles. The van der Waals surface area contributed by atoms with Gasteiger partial charge in [0.05, 0.1) is 22.2 Å². The molecule has 35 heavy (non-hydrogen) atoms. The second-order valence-electron chi connectivity index (χ2n) is 8.10. The van der Waals surface area contributed by atoms with Crippen LogP contribution in [0.3, 0.4) is 0 Å². The molecule has 0 saturated carbocycles. The molecule has 4 aromatic rings. The van der Waals surface area contributed by atoms with Gasteiger partial charge in [-0.1, -0.05) is 65.7 Å². The van der Waals surface area contributed by atoms with Gasteiger partial charge in [-0.15, -0.1) is 0 Å². The van der Waals surface area contributed by atoms with E-state index >= 15 is 0 Å². The highest BCUT2D eigenvalue weighted by molar-refractivity contribution is 6.42. The molecular weight excluding hydrogens is 496 g/mol. The standard InChI is InChI=1S/C27H21Cl2F3N2O/c28-24-12-11-21(15-25(24)29)26(35)34(16-19-6-2-1-3-7-19)18-23-10-5-13-33(23)17-20-8-4-9-22(14-20)27(30,31)32/h1-15H,16-18H2. The van der Waals surface area contributed by atoms with E-state index in [1.54, 1.807) is 29.3 Å². The molecule has 1 heterocycles. The van der Waals surface area contributed by atoms with Crippen LogP contribution in [0, 0.1) is 0 Å². The Morgan fingerprint density at radius 2 is 1.54 bits per heavy atom. The zero-order valence-electron chi connectivity index (χ0n) is 18.5. The molecule has 0 atom stereocenters. The first-order chi connectivity index (χ1) is 16.7. The molecular formula is C27H21Cl2F3N2O. The summed E-state index contributed by atoms with van der Waals surface area (Å²) in [7, 11) is 0. The topological polar surface area (TPSA) is 25.2 Å². The van der Waals surface area contributed by atoms with Crippen molar-refractivity contribution in [1.29, 1.82) is 0 Å². The second-order valence-corrected chi connectivity index (χ2v) is 8.92. The lowest BCUT2D eigenvalue weighted by Gasteiger charge is -2.24. The number of alkyl halides is 3. The van der Waals surface area contributed by atoms with Crippen LogP contribution in [0.25, 0.3) is 0 Å². The number of aromatic nitrogens is 1. The maximum absolute atomic E-state index is 13.5. The molecule has 0 aliphatic carbocycles. The second kappa shape index (κ2) is 10.6. The summed E-state index contributed by atoms with van der Waals surface area (Å²) in [5.41, 5.74) is 1.95. The summed E-state index contributed by atoms with van der Waals surface area (Å²) in [6.45, 7) is 0.834. The van der Waals surface area contributed by atoms with Crippen molar-refractivity contribution in [2.24, 2.45) is 0 Å². The monoisotopic (exact) mass is 516 g/mol. The number of rotatable bonds is 7. The Hall–Kier alpha value is -3.22. The highest BCUT2D eigenvalue weighted by Gasteiger charge is 2.30. The minimum absolute atomic E-state index is 0.237. The third kappa shape index (κ3) is 6.27. The van der Waals surface area contributed by atoms with Gasteiger partial charge in [-0.3, -0.25) is 4.79 Å². The number of halogens is 5. The minimum atomic E-state index is -4.41. The molecule has 4 rings (SSSR count). The van der Waals surface area contributed by atoms with Gasteiger partial charge < -0.3 is 9.47 Å². The Kier molecular flexibility index (Phi) is 7.53. The molecule has 0 aliphatic rings. The zero-order chi connectivity index (χ0) is 25.0. The van der Waals surface area contributed by atoms with Gasteiger partial charge in [-0.25, -0.2) is 0 Å². The molecule has 1 aromatic heterocycles. The van der Waals surface area contributed by atoms with Crippen LogP contribution >= 0.6 is 23.2 Å². The predicted molar refractivity (Wildman–Crippen MR) is 131 cm³/mol. The fourth-order valence-electron chi connectivity index (χ4n) is 3.80. The predicted octanol–water partition coefficient (Wildman–Crippen LogP) is 7.70. The molecule has 3 nitrogen and oxygen atoms in total. The fourth-order valence-corrected chi connectivity index (χ4v) is 4.10. The van der Waals surface area contributed by atoms with Gasteiger partial charge in [0.25, 0.3) is 5.91 Å². The molecule has 0 bridgehead atoms. The molecule has 180 valence electrons. The molecule has 0 N–H and O–H groups in total. The lowest BCUT2D eigenvalue weighted by molar-refractivity contribution is -0.137. The quantitative estimate of drug-likeness (QED) is 0.247. The molecule has 0 radical (unpaired) electrons. The van der Waals surface area contributed by atoms with E-state index in [-0.39, 0.29) is 24.0 Å². The van der Waals surface area contributed by atoms with Gasteiger partial charge in [0.15, 0.2) is 0 Å². The van der Waals surface area contributed by atoms with E-state index in [0.29, 0.717) is 22.7 Å². The van der Waals surface area contributed by atoms with Crippen LogP contribution in [-0.4, -0.2) is 15.4 Å². The van der Waals surface area contributed by atoms with Crippen LogP contribution in [0.4, 0.5) is 13.2 Å². The first-order valence-electron chi connectivity index (χ1n) is 10.8. The summed E-state index contributed by atoms with van der Waals surface area (Å²) in [4.78, 5) is 15.1. The highest BCUT2D eigenvalue weighted by Crippen LogP contribution is 2.30. The van der Waals surface area contributed by atoms with Crippen LogP contribution in [0.2, 0.25) is 10.0 Å². The van der Waals surface area contributed by atoms with Crippen molar-refractivity contribution in [1.82, 2.24) is 9.47 Å². The van der Waals surface area contributed by atoms with E-state index in [1.165, 1.54) is 12.1 Å². The van der Waals surface area contributed by atoms with Crippen LogP contribution in [-0.2, 0) is 25.8 Å². The number of hydrogen-bond acceptors (Lipinski definition) is 1. The van der Waals surface area contributed by atoms with Gasteiger partial charge >= 0.3 is 6.18 Å². The molecule has 0 fully saturated rings. The van der Waals surface area contributed by atoms with Gasteiger partial charge in [0.2, 0.25) is 0 Å². The number of benzene rings is 3. The average Bonchev–Trinajstić information content (AvgIpc) is 3.26. The summed E-state index contributed by atoms with van der Waals surface area (Å²) in [5.74, 6) is -0.237. The smallest absolute Gasteiger partial charge is 0.345 e. The molecule has 0 unspecified atom stereocenters. The highest BCUT2D eigenvalue weighted by atomic mass is 35.5. The lowest BCUT2D eigenvalue weighted by atomic mass is 10.1. The van der Waals surface area contributed by atoms with Crippen molar-refractivity contribution >= 4 is 29.1 Å². The van der Waals surface area contributed by atoms with E-state index < -0.39 is 11.7 Å². The number of carbonyl (C=O) groups excluding carboxylic acids is 1. The fraction of sp³-hybridized carbons (Fsp3) is 0.148. The zero-order valence-corrected chi connectivity index (χ0v) is 20.0. The van der Waals surface area contributed by atoms with Gasteiger partial charge in [-0.05, 0) is 53.6 Å². The number of amides is 1. The Morgan fingerprint density at radius 3 is 2.26 bits per heavy atom. The van der Waals surface area contributed by atoms with Crippen molar-refractivity contribution < 1.29 is 18.0 Å². The third-order valence-electron chi connectivity index (χ3n) is 5.55. The van der Waals surface area contributed by atoms with E-state index in [2.05, 4.69) is 0 Å². The van der Waals surface area contributed by atoms with Gasteiger partial charge in [-0.2, -0.15) is 13.2 Å². The minimum Gasteiger partial charge on any atom is -0.345 e. The number of carbonyl (C=O) groups is 1. The van der Waals surface area contributed by atoms with Crippen molar-refractivity contribution in [2.45, 2.75) is 25.8 Å². The number of hydrogen-bond donors (Lipinski definition) is 0. The number of nitrogens with zero attached hydrogens (tertiary/aromatic N) is 2. The normalized spacial score (nSPS) is 11.5. The SMILES string of the molecule is O=C(c1ccc(Cl)c(Cl)c1)N(Cc1ccccc1)Cc1cccn1Cc1cccc(C(F)(F)F)c1. The molecule has 0 aliphatic heterocycles. The molecule has 3 aromatic carbocycles. The third-order valence-corrected chi connectivity index (χ3v) is 6.29. The summed E-state index contributed by atoms with van der Waals surface area (Å²) < 4.78 is 41.3. The van der Waals surface area contributed by atoms with Crippen LogP contribution in [0.5, 0.6) is 0 Å². The molecule has 1 amide bonds. The Morgan fingerprint density at radius 1 is 0.800 bits per heavy atom. The Bertz CT molecular complexity index is 1320. The first kappa shape index (κ1) is 24.9. The van der Waals surface area contributed by atoms with E-state index in [1.807, 2.05) is 47.0 Å². The largest absolute Gasteiger partial charge is 0.416 e. The van der Waals surface area contributed by atoms with Crippen molar-refractivity contribution in [3.8, 4) is 0 Å². The van der Waals surface area contributed by atoms with Crippen LogP contribution in [0.1, 0.15) is 32.7 Å². The summed E-state index contributed by atoms with van der Waals surface area (Å²) >= 11 is 12.2. The maximum atomic E-state index is 13.5. The van der Waals surface area contributed by atoms with Crippen LogP contribution < -0.4 is 0 Å². The lowest BCUT2D eigenvalue weighted by Crippen LogP contribution is -2.31. The molecule has 8 heteroatoms. The van der Waals surface area contributed by atoms with Crippen molar-refractivity contribution in [3.05, 3.63) is 129 Å². The Balaban J connectivity index is 1.61. The van der Waals surface area contributed by atoms with E-state index in [4.69, 9.17) is 23.2 Å².